The maximum absolute atomic E-state index is 11.9. The lowest BCUT2D eigenvalue weighted by atomic mass is 9.87. The van der Waals surface area contributed by atoms with Crippen molar-refractivity contribution < 1.29 is 4.79 Å². The number of H-pyrrole nitrogens is 1. The van der Waals surface area contributed by atoms with E-state index in [-0.39, 0.29) is 11.3 Å². The highest BCUT2D eigenvalue weighted by Crippen LogP contribution is 2.23. The van der Waals surface area contributed by atoms with Crippen LogP contribution in [0, 0.1) is 6.92 Å². The number of hydrogen-bond acceptors (Lipinski definition) is 2. The van der Waals surface area contributed by atoms with Crippen molar-refractivity contribution in [3.63, 3.8) is 0 Å². The Morgan fingerprint density at radius 1 is 1.21 bits per heavy atom. The lowest BCUT2D eigenvalue weighted by Gasteiger charge is -2.19. The summed E-state index contributed by atoms with van der Waals surface area (Å²) >= 11 is 0. The summed E-state index contributed by atoms with van der Waals surface area (Å²) in [6.07, 6.45) is 0. The highest BCUT2D eigenvalue weighted by Gasteiger charge is 2.14. The normalized spacial score (nSPS) is 11.4. The number of amides is 1. The molecule has 2 aromatic rings. The van der Waals surface area contributed by atoms with Gasteiger partial charge in [-0.05, 0) is 36.1 Å². The molecule has 2 rings (SSSR count). The molecule has 0 radical (unpaired) electrons. The first kappa shape index (κ1) is 13.3. The number of carbonyl (C=O) groups excluding carboxylic acids is 1. The summed E-state index contributed by atoms with van der Waals surface area (Å²) in [5.74, 6) is -0.201. The van der Waals surface area contributed by atoms with Crippen LogP contribution in [-0.2, 0) is 5.41 Å². The Hall–Kier alpha value is -2.10. The van der Waals surface area contributed by atoms with Crippen LogP contribution < -0.4 is 5.32 Å². The summed E-state index contributed by atoms with van der Waals surface area (Å²) in [4.78, 5) is 11.9. The summed E-state index contributed by atoms with van der Waals surface area (Å²) in [5, 5.41) is 9.51. The van der Waals surface area contributed by atoms with Gasteiger partial charge in [0.1, 0.15) is 0 Å². The van der Waals surface area contributed by atoms with Crippen LogP contribution >= 0.6 is 0 Å². The molecule has 4 nitrogen and oxygen atoms in total. The van der Waals surface area contributed by atoms with E-state index in [0.717, 1.165) is 11.4 Å². The summed E-state index contributed by atoms with van der Waals surface area (Å²) in [6.45, 7) is 8.34. The third-order valence-electron chi connectivity index (χ3n) is 2.95. The number of rotatable bonds is 2. The Kier molecular flexibility index (Phi) is 3.42. The summed E-state index contributed by atoms with van der Waals surface area (Å²) in [6, 6.07) is 9.62. The molecular formula is C15H19N3O. The zero-order chi connectivity index (χ0) is 14.0. The topological polar surface area (TPSA) is 57.8 Å². The number of nitrogens with one attached hydrogen (secondary N) is 2. The Labute approximate surface area is 113 Å². The van der Waals surface area contributed by atoms with Crippen LogP contribution in [0.3, 0.4) is 0 Å². The minimum Gasteiger partial charge on any atom is -0.321 e. The number of carbonyl (C=O) groups is 1. The molecule has 0 fully saturated rings. The van der Waals surface area contributed by atoms with Gasteiger partial charge >= 0.3 is 0 Å². The molecule has 4 heteroatoms. The van der Waals surface area contributed by atoms with Gasteiger partial charge in [0.05, 0.1) is 0 Å². The number of hydrogen-bond donors (Lipinski definition) is 2. The molecule has 0 bridgehead atoms. The minimum absolute atomic E-state index is 0.113. The Balaban J connectivity index is 2.10. The van der Waals surface area contributed by atoms with Gasteiger partial charge in [-0.15, -0.1) is 0 Å². The van der Waals surface area contributed by atoms with Crippen LogP contribution in [0.5, 0.6) is 0 Å². The molecule has 0 aliphatic heterocycles. The fourth-order valence-corrected chi connectivity index (χ4v) is 1.78. The predicted molar refractivity (Wildman–Crippen MR) is 76.4 cm³/mol. The molecule has 100 valence electrons. The molecule has 0 atom stereocenters. The second-order valence-corrected chi connectivity index (χ2v) is 5.72. The molecule has 0 aliphatic rings. The molecule has 1 aromatic carbocycles. The monoisotopic (exact) mass is 257 g/mol. The first-order valence-corrected chi connectivity index (χ1v) is 6.30. The summed E-state index contributed by atoms with van der Waals surface area (Å²) in [7, 11) is 0. The molecule has 19 heavy (non-hydrogen) atoms. The Morgan fingerprint density at radius 2 is 1.84 bits per heavy atom. The van der Waals surface area contributed by atoms with Crippen LogP contribution in [-0.4, -0.2) is 16.1 Å². The zero-order valence-corrected chi connectivity index (χ0v) is 11.7. The molecule has 0 saturated carbocycles. The third kappa shape index (κ3) is 3.22. The molecule has 1 amide bonds. The van der Waals surface area contributed by atoms with Gasteiger partial charge in [-0.25, -0.2) is 0 Å². The van der Waals surface area contributed by atoms with E-state index in [1.54, 1.807) is 6.07 Å². The van der Waals surface area contributed by atoms with Gasteiger partial charge in [-0.3, -0.25) is 9.89 Å². The van der Waals surface area contributed by atoms with Crippen molar-refractivity contribution in [2.24, 2.45) is 0 Å². The summed E-state index contributed by atoms with van der Waals surface area (Å²) < 4.78 is 0. The predicted octanol–water partition coefficient (Wildman–Crippen LogP) is 3.27. The molecular weight excluding hydrogens is 238 g/mol. The lowest BCUT2D eigenvalue weighted by molar-refractivity contribution is 0.102. The number of benzene rings is 1. The number of aromatic amines is 1. The third-order valence-corrected chi connectivity index (χ3v) is 2.95. The second kappa shape index (κ2) is 4.88. The Morgan fingerprint density at radius 3 is 2.32 bits per heavy atom. The smallest absolute Gasteiger partial charge is 0.276 e. The van der Waals surface area contributed by atoms with Crippen molar-refractivity contribution in [2.45, 2.75) is 33.1 Å². The van der Waals surface area contributed by atoms with Crippen molar-refractivity contribution in [2.75, 3.05) is 5.32 Å². The van der Waals surface area contributed by atoms with Gasteiger partial charge < -0.3 is 5.32 Å². The van der Waals surface area contributed by atoms with Crippen molar-refractivity contribution in [1.82, 2.24) is 10.2 Å². The van der Waals surface area contributed by atoms with E-state index in [0.29, 0.717) is 5.69 Å². The highest BCUT2D eigenvalue weighted by molar-refractivity contribution is 6.02. The van der Waals surface area contributed by atoms with E-state index in [9.17, 15) is 4.79 Å². The number of aryl methyl sites for hydroxylation is 1. The largest absolute Gasteiger partial charge is 0.321 e. The van der Waals surface area contributed by atoms with Crippen molar-refractivity contribution in [3.05, 3.63) is 47.3 Å². The van der Waals surface area contributed by atoms with Crippen LogP contribution in [0.25, 0.3) is 0 Å². The van der Waals surface area contributed by atoms with E-state index >= 15 is 0 Å². The van der Waals surface area contributed by atoms with E-state index < -0.39 is 0 Å². The van der Waals surface area contributed by atoms with E-state index in [2.05, 4.69) is 36.3 Å². The molecule has 1 heterocycles. The van der Waals surface area contributed by atoms with Gasteiger partial charge in [0.25, 0.3) is 5.91 Å². The molecule has 0 aliphatic carbocycles. The maximum atomic E-state index is 11.9. The maximum Gasteiger partial charge on any atom is 0.276 e. The molecule has 0 unspecified atom stereocenters. The van der Waals surface area contributed by atoms with E-state index in [1.807, 2.05) is 31.2 Å². The average Bonchev–Trinajstić information content (AvgIpc) is 2.75. The molecule has 2 N–H and O–H groups in total. The molecule has 1 aromatic heterocycles. The Bertz CT molecular complexity index is 576. The van der Waals surface area contributed by atoms with Gasteiger partial charge in [0.15, 0.2) is 5.69 Å². The lowest BCUT2D eigenvalue weighted by Crippen LogP contribution is -2.14. The van der Waals surface area contributed by atoms with Crippen LogP contribution in [0.4, 0.5) is 5.69 Å². The van der Waals surface area contributed by atoms with E-state index in [4.69, 9.17) is 0 Å². The zero-order valence-electron chi connectivity index (χ0n) is 11.7. The first-order valence-electron chi connectivity index (χ1n) is 6.30. The summed E-state index contributed by atoms with van der Waals surface area (Å²) in [5.41, 5.74) is 3.40. The average molecular weight is 257 g/mol. The number of aromatic nitrogens is 2. The number of nitrogens with zero attached hydrogens (tertiary/aromatic N) is 1. The van der Waals surface area contributed by atoms with Gasteiger partial charge in [0.2, 0.25) is 0 Å². The van der Waals surface area contributed by atoms with E-state index in [1.165, 1.54) is 5.56 Å². The standard InChI is InChI=1S/C15H19N3O/c1-10-9-13(18-17-10)14(19)16-12-7-5-11(6-8-12)15(2,3)4/h5-9H,1-4H3,(H,16,19)(H,17,18). The van der Waals surface area contributed by atoms with Crippen molar-refractivity contribution >= 4 is 11.6 Å². The fraction of sp³-hybridized carbons (Fsp3) is 0.333. The van der Waals surface area contributed by atoms with Crippen LogP contribution in [0.1, 0.15) is 42.5 Å². The SMILES string of the molecule is Cc1cc(C(=O)Nc2ccc(C(C)(C)C)cc2)n[nH]1. The van der Waals surface area contributed by atoms with Crippen LogP contribution in [0.15, 0.2) is 30.3 Å². The fourth-order valence-electron chi connectivity index (χ4n) is 1.78. The van der Waals surface area contributed by atoms with Gasteiger partial charge in [-0.1, -0.05) is 32.9 Å². The minimum atomic E-state index is -0.201. The quantitative estimate of drug-likeness (QED) is 0.867. The molecule has 0 spiro atoms. The highest BCUT2D eigenvalue weighted by atomic mass is 16.1. The second-order valence-electron chi connectivity index (χ2n) is 5.72. The van der Waals surface area contributed by atoms with Gasteiger partial charge in [0, 0.05) is 11.4 Å². The number of anilines is 1. The molecule has 0 saturated heterocycles. The van der Waals surface area contributed by atoms with Crippen molar-refractivity contribution in [1.29, 1.82) is 0 Å². The first-order chi connectivity index (χ1) is 8.86. The van der Waals surface area contributed by atoms with Crippen LogP contribution in [0.2, 0.25) is 0 Å². The van der Waals surface area contributed by atoms with Crippen molar-refractivity contribution in [3.8, 4) is 0 Å². The van der Waals surface area contributed by atoms with Gasteiger partial charge in [-0.2, -0.15) is 5.10 Å².